The van der Waals surface area contributed by atoms with Gasteiger partial charge in [-0.3, -0.25) is 9.78 Å². The van der Waals surface area contributed by atoms with Crippen molar-refractivity contribution >= 4 is 15.9 Å². The minimum atomic E-state index is -3.79. The summed E-state index contributed by atoms with van der Waals surface area (Å²) < 4.78 is 32.4. The number of pyridine rings is 1. The summed E-state index contributed by atoms with van der Waals surface area (Å²) in [6.07, 6.45) is 4.01. The second-order valence-electron chi connectivity index (χ2n) is 5.92. The zero-order valence-corrected chi connectivity index (χ0v) is 14.5. The van der Waals surface area contributed by atoms with Gasteiger partial charge < -0.3 is 10.5 Å². The summed E-state index contributed by atoms with van der Waals surface area (Å²) in [7, 11) is -2.41. The first-order chi connectivity index (χ1) is 11.9. The van der Waals surface area contributed by atoms with Gasteiger partial charge in [0, 0.05) is 24.4 Å². The monoisotopic (exact) mass is 361 g/mol. The number of rotatable bonds is 7. The van der Waals surface area contributed by atoms with Crippen LogP contribution in [-0.4, -0.2) is 26.4 Å². The number of amides is 1. The number of sulfonamides is 1. The van der Waals surface area contributed by atoms with Crippen molar-refractivity contribution in [2.75, 3.05) is 7.11 Å². The van der Waals surface area contributed by atoms with E-state index in [0.29, 0.717) is 5.92 Å². The van der Waals surface area contributed by atoms with E-state index >= 15 is 0 Å². The van der Waals surface area contributed by atoms with Gasteiger partial charge in [-0.25, -0.2) is 13.1 Å². The van der Waals surface area contributed by atoms with E-state index in [1.807, 2.05) is 12.1 Å². The van der Waals surface area contributed by atoms with Gasteiger partial charge in [0.1, 0.15) is 5.75 Å². The van der Waals surface area contributed by atoms with E-state index in [4.69, 9.17) is 10.5 Å². The van der Waals surface area contributed by atoms with E-state index in [-0.39, 0.29) is 22.8 Å². The van der Waals surface area contributed by atoms with Crippen LogP contribution in [0.5, 0.6) is 5.75 Å². The van der Waals surface area contributed by atoms with Gasteiger partial charge in [0.15, 0.2) is 0 Å². The molecular formula is C17H19N3O4S. The molecular weight excluding hydrogens is 342 g/mol. The molecule has 1 aromatic carbocycles. The maximum absolute atomic E-state index is 12.4. The van der Waals surface area contributed by atoms with E-state index in [9.17, 15) is 13.2 Å². The number of carbonyl (C=O) groups is 1. The fourth-order valence-corrected chi connectivity index (χ4v) is 3.51. The molecule has 1 aromatic heterocycles. The van der Waals surface area contributed by atoms with E-state index in [1.165, 1.54) is 38.2 Å². The van der Waals surface area contributed by atoms with Crippen molar-refractivity contribution in [2.45, 2.75) is 30.2 Å². The number of ether oxygens (including phenoxy) is 1. The van der Waals surface area contributed by atoms with Gasteiger partial charge in [-0.05, 0) is 42.7 Å². The van der Waals surface area contributed by atoms with Crippen LogP contribution in [0.4, 0.5) is 0 Å². The molecule has 132 valence electrons. The first kappa shape index (κ1) is 17.4. The molecule has 1 aliphatic rings. The summed E-state index contributed by atoms with van der Waals surface area (Å²) in [5, 5.41) is 0. The molecule has 1 saturated carbocycles. The quantitative estimate of drug-likeness (QED) is 0.777. The Morgan fingerprint density at radius 1 is 1.32 bits per heavy atom. The molecule has 3 N–H and O–H groups in total. The normalized spacial score (nSPS) is 14.3. The number of nitrogens with one attached hydrogen (secondary N) is 1. The van der Waals surface area contributed by atoms with Gasteiger partial charge in [0.05, 0.1) is 17.6 Å². The molecule has 0 radical (unpaired) electrons. The number of nitrogens with zero attached hydrogens (tertiary/aromatic N) is 1. The lowest BCUT2D eigenvalue weighted by atomic mass is 10.2. The topological polar surface area (TPSA) is 111 Å². The van der Waals surface area contributed by atoms with Crippen LogP contribution < -0.4 is 15.2 Å². The second kappa shape index (κ2) is 6.81. The summed E-state index contributed by atoms with van der Waals surface area (Å²) in [6.45, 7) is 0.109. The van der Waals surface area contributed by atoms with Crippen LogP contribution >= 0.6 is 0 Å². The van der Waals surface area contributed by atoms with Crippen LogP contribution in [0.1, 0.15) is 40.4 Å². The molecule has 2 aromatic rings. The van der Waals surface area contributed by atoms with E-state index < -0.39 is 15.9 Å². The summed E-state index contributed by atoms with van der Waals surface area (Å²) >= 11 is 0. The molecule has 0 unspecified atom stereocenters. The molecule has 0 spiro atoms. The van der Waals surface area contributed by atoms with Crippen LogP contribution in [0.3, 0.4) is 0 Å². The summed E-state index contributed by atoms with van der Waals surface area (Å²) in [5.41, 5.74) is 7.09. The van der Waals surface area contributed by atoms with Gasteiger partial charge in [-0.15, -0.1) is 0 Å². The molecule has 8 heteroatoms. The number of benzene rings is 1. The largest absolute Gasteiger partial charge is 0.496 e. The Hall–Kier alpha value is -2.45. The lowest BCUT2D eigenvalue weighted by molar-refractivity contribution is 0.0997. The third-order valence-corrected chi connectivity index (χ3v) is 5.46. The maximum atomic E-state index is 12.4. The average Bonchev–Trinajstić information content (AvgIpc) is 3.45. The Balaban J connectivity index is 1.74. The van der Waals surface area contributed by atoms with Crippen molar-refractivity contribution in [3.05, 3.63) is 53.3 Å². The molecule has 0 saturated heterocycles. The standard InChI is InChI=1S/C17H19N3O4S/c1-24-16-7-5-13(8-14(16)17(18)21)25(22,23)20-10-11-2-6-15(19-9-11)12-3-4-12/h2,5-9,12,20H,3-4,10H2,1H3,(H2,18,21). The lowest BCUT2D eigenvalue weighted by Crippen LogP contribution is -2.24. The third-order valence-electron chi connectivity index (χ3n) is 4.06. The van der Waals surface area contributed by atoms with Crippen molar-refractivity contribution in [2.24, 2.45) is 5.73 Å². The first-order valence-electron chi connectivity index (χ1n) is 7.83. The highest BCUT2D eigenvalue weighted by molar-refractivity contribution is 7.89. The minimum Gasteiger partial charge on any atom is -0.496 e. The fraction of sp³-hybridized carbons (Fsp3) is 0.294. The Labute approximate surface area is 146 Å². The average molecular weight is 361 g/mol. The molecule has 1 fully saturated rings. The molecule has 1 heterocycles. The van der Waals surface area contributed by atoms with Gasteiger partial charge >= 0.3 is 0 Å². The van der Waals surface area contributed by atoms with Crippen molar-refractivity contribution in [1.82, 2.24) is 9.71 Å². The number of carbonyl (C=O) groups excluding carboxylic acids is 1. The van der Waals surface area contributed by atoms with E-state index in [1.54, 1.807) is 6.20 Å². The fourth-order valence-electron chi connectivity index (χ4n) is 2.47. The zero-order chi connectivity index (χ0) is 18.0. The van der Waals surface area contributed by atoms with E-state index in [2.05, 4.69) is 9.71 Å². The SMILES string of the molecule is COc1ccc(S(=O)(=O)NCc2ccc(C3CC3)nc2)cc1C(N)=O. The van der Waals surface area contributed by atoms with Crippen molar-refractivity contribution in [3.8, 4) is 5.75 Å². The molecule has 0 aliphatic heterocycles. The van der Waals surface area contributed by atoms with Gasteiger partial charge in [-0.1, -0.05) is 6.07 Å². The summed E-state index contributed by atoms with van der Waals surface area (Å²) in [6, 6.07) is 7.77. The number of hydrogen-bond donors (Lipinski definition) is 2. The Bertz CT molecular complexity index is 891. The molecule has 1 aliphatic carbocycles. The van der Waals surface area contributed by atoms with Crippen LogP contribution in [0, 0.1) is 0 Å². The first-order valence-corrected chi connectivity index (χ1v) is 9.31. The van der Waals surface area contributed by atoms with Crippen LogP contribution in [0.2, 0.25) is 0 Å². The number of aromatic nitrogens is 1. The highest BCUT2D eigenvalue weighted by Crippen LogP contribution is 2.38. The summed E-state index contributed by atoms with van der Waals surface area (Å²) in [4.78, 5) is 15.8. The molecule has 1 amide bonds. The molecule has 0 atom stereocenters. The van der Waals surface area contributed by atoms with Crippen molar-refractivity contribution < 1.29 is 17.9 Å². The molecule has 25 heavy (non-hydrogen) atoms. The Morgan fingerprint density at radius 3 is 2.64 bits per heavy atom. The van der Waals surface area contributed by atoms with Gasteiger partial charge in [-0.2, -0.15) is 0 Å². The molecule has 7 nitrogen and oxygen atoms in total. The van der Waals surface area contributed by atoms with Crippen molar-refractivity contribution in [3.63, 3.8) is 0 Å². The predicted molar refractivity (Wildman–Crippen MR) is 91.7 cm³/mol. The second-order valence-corrected chi connectivity index (χ2v) is 7.68. The molecule has 0 bridgehead atoms. The Morgan fingerprint density at radius 2 is 2.08 bits per heavy atom. The lowest BCUT2D eigenvalue weighted by Gasteiger charge is -2.10. The number of nitrogens with two attached hydrogens (primary N) is 1. The van der Waals surface area contributed by atoms with Gasteiger partial charge in [0.25, 0.3) is 5.91 Å². The zero-order valence-electron chi connectivity index (χ0n) is 13.7. The number of primary amides is 1. The maximum Gasteiger partial charge on any atom is 0.252 e. The predicted octanol–water partition coefficient (Wildman–Crippen LogP) is 1.54. The highest BCUT2D eigenvalue weighted by Gasteiger charge is 2.24. The number of hydrogen-bond acceptors (Lipinski definition) is 5. The van der Waals surface area contributed by atoms with Crippen LogP contribution in [0.15, 0.2) is 41.4 Å². The van der Waals surface area contributed by atoms with E-state index in [0.717, 1.165) is 11.3 Å². The summed E-state index contributed by atoms with van der Waals surface area (Å²) in [5.74, 6) is 0.0253. The number of methoxy groups -OCH3 is 1. The third kappa shape index (κ3) is 3.97. The smallest absolute Gasteiger partial charge is 0.252 e. The van der Waals surface area contributed by atoms with Crippen molar-refractivity contribution in [1.29, 1.82) is 0 Å². The van der Waals surface area contributed by atoms with Crippen LogP contribution in [0.25, 0.3) is 0 Å². The van der Waals surface area contributed by atoms with Crippen LogP contribution in [-0.2, 0) is 16.6 Å². The van der Waals surface area contributed by atoms with Gasteiger partial charge in [0.2, 0.25) is 10.0 Å². The minimum absolute atomic E-state index is 0.0147. The highest BCUT2D eigenvalue weighted by atomic mass is 32.2. The molecule has 3 rings (SSSR count). The Kier molecular flexibility index (Phi) is 4.73.